The Bertz CT molecular complexity index is 468. The van der Waals surface area contributed by atoms with Crippen molar-refractivity contribution in [3.8, 4) is 5.75 Å². The molecular formula is C11H11F3O4. The molecule has 1 aromatic rings. The van der Waals surface area contributed by atoms with E-state index in [2.05, 4.69) is 4.74 Å². The molecule has 0 bridgehead atoms. The maximum absolute atomic E-state index is 13.5. The number of halogens is 3. The van der Waals surface area contributed by atoms with Crippen molar-refractivity contribution < 1.29 is 32.9 Å². The van der Waals surface area contributed by atoms with E-state index in [9.17, 15) is 23.1 Å². The molecule has 4 nitrogen and oxygen atoms in total. The average Bonchev–Trinajstić information content (AvgIpc) is 2.25. The Morgan fingerprint density at radius 1 is 1.44 bits per heavy atom. The monoisotopic (exact) mass is 264 g/mol. The first-order valence-electron chi connectivity index (χ1n) is 4.85. The van der Waals surface area contributed by atoms with Gasteiger partial charge in [-0.1, -0.05) is 0 Å². The van der Waals surface area contributed by atoms with Gasteiger partial charge in [0.2, 0.25) is 0 Å². The minimum Gasteiger partial charge on any atom is -0.493 e. The van der Waals surface area contributed by atoms with E-state index in [1.807, 2.05) is 0 Å². The van der Waals surface area contributed by atoms with Gasteiger partial charge in [0, 0.05) is 18.1 Å². The quantitative estimate of drug-likeness (QED) is 0.873. The summed E-state index contributed by atoms with van der Waals surface area (Å²) >= 11 is 0. The van der Waals surface area contributed by atoms with E-state index in [-0.39, 0.29) is 0 Å². The normalized spacial score (nSPS) is 13.2. The van der Waals surface area contributed by atoms with Crippen molar-refractivity contribution in [3.05, 3.63) is 29.1 Å². The number of aliphatic hydroxyl groups is 1. The number of carboxylic acids is 1. The van der Waals surface area contributed by atoms with Crippen LogP contribution in [-0.4, -0.2) is 23.3 Å². The number of carboxylic acid groups (broad SMARTS) is 1. The summed E-state index contributed by atoms with van der Waals surface area (Å²) in [5.41, 5.74) is -1.29. The third-order valence-electron chi connectivity index (χ3n) is 2.31. The molecule has 1 rings (SSSR count). The molecule has 1 atom stereocenters. The highest BCUT2D eigenvalue weighted by molar-refractivity contribution is 5.75. The Labute approximate surface area is 101 Å². The van der Waals surface area contributed by atoms with Crippen LogP contribution in [-0.2, 0) is 10.7 Å². The Balaban J connectivity index is 3.46. The first-order chi connectivity index (χ1) is 8.18. The van der Waals surface area contributed by atoms with Crippen molar-refractivity contribution in [1.29, 1.82) is 0 Å². The van der Waals surface area contributed by atoms with Crippen LogP contribution in [0.25, 0.3) is 0 Å². The van der Waals surface area contributed by atoms with E-state index in [4.69, 9.17) is 5.11 Å². The van der Waals surface area contributed by atoms with Gasteiger partial charge in [-0.05, 0) is 12.1 Å². The first-order valence-corrected chi connectivity index (χ1v) is 4.85. The van der Waals surface area contributed by atoms with Gasteiger partial charge in [0.1, 0.15) is 0 Å². The van der Waals surface area contributed by atoms with Gasteiger partial charge in [-0.25, -0.2) is 18.0 Å². The summed E-state index contributed by atoms with van der Waals surface area (Å²) in [4.78, 5) is 10.6. The average molecular weight is 264 g/mol. The smallest absolute Gasteiger partial charge is 0.337 e. The predicted octanol–water partition coefficient (Wildman–Crippen LogP) is 2.06. The molecule has 0 aliphatic rings. The Morgan fingerprint density at radius 3 is 2.39 bits per heavy atom. The summed E-state index contributed by atoms with van der Waals surface area (Å²) in [5, 5.41) is 18.0. The van der Waals surface area contributed by atoms with Crippen molar-refractivity contribution in [1.82, 2.24) is 0 Å². The SMILES string of the molecule is COc1c(F)cc(C(C)(F)F)cc1C(O)C(=O)O. The fourth-order valence-corrected chi connectivity index (χ4v) is 1.42. The largest absolute Gasteiger partial charge is 0.493 e. The molecule has 18 heavy (non-hydrogen) atoms. The molecule has 0 fully saturated rings. The van der Waals surface area contributed by atoms with E-state index in [0.29, 0.717) is 19.1 Å². The molecule has 0 spiro atoms. The summed E-state index contributed by atoms with van der Waals surface area (Å²) in [5.74, 6) is -6.78. The zero-order valence-electron chi connectivity index (χ0n) is 9.58. The second-order valence-corrected chi connectivity index (χ2v) is 3.71. The van der Waals surface area contributed by atoms with Crippen molar-refractivity contribution in [3.63, 3.8) is 0 Å². The number of methoxy groups -OCH3 is 1. The molecule has 0 saturated heterocycles. The van der Waals surface area contributed by atoms with Gasteiger partial charge in [-0.15, -0.1) is 0 Å². The summed E-state index contributed by atoms with van der Waals surface area (Å²) in [6.45, 7) is 0.533. The molecule has 100 valence electrons. The summed E-state index contributed by atoms with van der Waals surface area (Å²) < 4.78 is 44.2. The highest BCUT2D eigenvalue weighted by Gasteiger charge is 2.30. The van der Waals surface area contributed by atoms with Gasteiger partial charge >= 0.3 is 5.97 Å². The first kappa shape index (κ1) is 14.3. The lowest BCUT2D eigenvalue weighted by Crippen LogP contribution is -2.15. The molecule has 0 heterocycles. The minimum atomic E-state index is -3.36. The van der Waals surface area contributed by atoms with Gasteiger partial charge in [0.25, 0.3) is 5.92 Å². The summed E-state index contributed by atoms with van der Waals surface area (Å²) in [6, 6.07) is 1.25. The highest BCUT2D eigenvalue weighted by Crippen LogP contribution is 2.35. The number of ether oxygens (including phenoxy) is 1. The van der Waals surface area contributed by atoms with Crippen LogP contribution in [0.4, 0.5) is 13.2 Å². The van der Waals surface area contributed by atoms with E-state index in [1.54, 1.807) is 0 Å². The molecule has 0 aliphatic heterocycles. The topological polar surface area (TPSA) is 66.8 Å². The van der Waals surface area contributed by atoms with Gasteiger partial charge in [0.15, 0.2) is 17.7 Å². The van der Waals surface area contributed by atoms with Crippen molar-refractivity contribution in [2.75, 3.05) is 7.11 Å². The van der Waals surface area contributed by atoms with Crippen LogP contribution in [0.5, 0.6) is 5.75 Å². The van der Waals surface area contributed by atoms with Crippen molar-refractivity contribution >= 4 is 5.97 Å². The Morgan fingerprint density at radius 2 is 2.00 bits per heavy atom. The maximum Gasteiger partial charge on any atom is 0.337 e. The number of carbonyl (C=O) groups is 1. The Kier molecular flexibility index (Phi) is 3.85. The number of alkyl halides is 2. The summed E-state index contributed by atoms with van der Waals surface area (Å²) in [7, 11) is 1.04. The van der Waals surface area contributed by atoms with E-state index in [1.165, 1.54) is 0 Å². The highest BCUT2D eigenvalue weighted by atomic mass is 19.3. The number of benzene rings is 1. The molecule has 1 unspecified atom stereocenters. The number of aliphatic hydroxyl groups excluding tert-OH is 1. The van der Waals surface area contributed by atoms with Gasteiger partial charge in [-0.2, -0.15) is 0 Å². The van der Waals surface area contributed by atoms with Crippen LogP contribution in [0.2, 0.25) is 0 Å². The van der Waals surface area contributed by atoms with Gasteiger partial charge < -0.3 is 14.9 Å². The van der Waals surface area contributed by atoms with Crippen LogP contribution in [0.15, 0.2) is 12.1 Å². The van der Waals surface area contributed by atoms with Crippen LogP contribution >= 0.6 is 0 Å². The minimum absolute atomic E-state index is 0.533. The number of rotatable bonds is 4. The summed E-state index contributed by atoms with van der Waals surface area (Å²) in [6.07, 6.45) is -2.14. The lowest BCUT2D eigenvalue weighted by Gasteiger charge is -2.17. The predicted molar refractivity (Wildman–Crippen MR) is 55.1 cm³/mol. The van der Waals surface area contributed by atoms with Crippen molar-refractivity contribution in [2.45, 2.75) is 19.0 Å². The standard InChI is InChI=1S/C11H11F3O4/c1-11(13,14)5-3-6(8(15)10(16)17)9(18-2)7(12)4-5/h3-4,8,15H,1-2H3,(H,16,17). The molecule has 0 radical (unpaired) electrons. The lowest BCUT2D eigenvalue weighted by atomic mass is 10.0. The molecule has 0 aliphatic carbocycles. The lowest BCUT2D eigenvalue weighted by molar-refractivity contribution is -0.147. The maximum atomic E-state index is 13.5. The molecule has 1 aromatic carbocycles. The molecule has 2 N–H and O–H groups in total. The van der Waals surface area contributed by atoms with Crippen molar-refractivity contribution in [2.24, 2.45) is 0 Å². The third kappa shape index (κ3) is 2.73. The van der Waals surface area contributed by atoms with Crippen LogP contribution in [0, 0.1) is 5.82 Å². The van der Waals surface area contributed by atoms with Crippen LogP contribution < -0.4 is 4.74 Å². The number of hydrogen-bond acceptors (Lipinski definition) is 3. The zero-order chi connectivity index (χ0) is 14.1. The van der Waals surface area contributed by atoms with E-state index < -0.39 is 40.7 Å². The zero-order valence-corrected chi connectivity index (χ0v) is 9.58. The van der Waals surface area contributed by atoms with Gasteiger partial charge in [0.05, 0.1) is 7.11 Å². The number of hydrogen-bond donors (Lipinski definition) is 2. The fourth-order valence-electron chi connectivity index (χ4n) is 1.42. The Hall–Kier alpha value is -1.76. The van der Waals surface area contributed by atoms with Crippen LogP contribution in [0.1, 0.15) is 24.2 Å². The van der Waals surface area contributed by atoms with Gasteiger partial charge in [-0.3, -0.25) is 0 Å². The molecule has 0 amide bonds. The second kappa shape index (κ2) is 4.85. The molecule has 0 saturated carbocycles. The fraction of sp³-hybridized carbons (Fsp3) is 0.364. The van der Waals surface area contributed by atoms with E-state index >= 15 is 0 Å². The second-order valence-electron chi connectivity index (χ2n) is 3.71. The third-order valence-corrected chi connectivity index (χ3v) is 2.31. The van der Waals surface area contributed by atoms with E-state index in [0.717, 1.165) is 7.11 Å². The number of aliphatic carboxylic acids is 1. The molecular weight excluding hydrogens is 253 g/mol. The molecule has 0 aromatic heterocycles. The molecule has 7 heteroatoms. The van der Waals surface area contributed by atoms with Crippen LogP contribution in [0.3, 0.4) is 0 Å².